The molecule has 0 radical (unpaired) electrons. The Kier molecular flexibility index (Phi) is 4.24. The molecule has 1 aliphatic heterocycles. The lowest BCUT2D eigenvalue weighted by molar-refractivity contribution is 0.139. The number of nitrogens with one attached hydrogen (secondary N) is 1. The molecule has 1 N–H and O–H groups in total. The monoisotopic (exact) mass is 337 g/mol. The third-order valence-electron chi connectivity index (χ3n) is 4.44. The van der Waals surface area contributed by atoms with E-state index < -0.39 is 0 Å². The number of hydrogen-bond donors (Lipinski definition) is 1. The second kappa shape index (κ2) is 6.69. The van der Waals surface area contributed by atoms with Crippen LogP contribution in [-0.2, 0) is 13.1 Å². The summed E-state index contributed by atoms with van der Waals surface area (Å²) in [7, 11) is 0. The van der Waals surface area contributed by atoms with E-state index >= 15 is 0 Å². The number of H-pyrrole nitrogens is 1. The molecule has 4 nitrogen and oxygen atoms in total. The second-order valence-electron chi connectivity index (χ2n) is 6.42. The number of aromatic nitrogens is 2. The van der Waals surface area contributed by atoms with E-state index in [1.807, 2.05) is 37.4 Å². The van der Waals surface area contributed by atoms with E-state index in [2.05, 4.69) is 20.9 Å². The molecule has 25 heavy (non-hydrogen) atoms. The van der Waals surface area contributed by atoms with Crippen LogP contribution < -0.4 is 4.74 Å². The lowest BCUT2D eigenvalue weighted by Gasteiger charge is -2.23. The van der Waals surface area contributed by atoms with Gasteiger partial charge in [0.15, 0.2) is 0 Å². The summed E-state index contributed by atoms with van der Waals surface area (Å²) in [5.74, 6) is 1.48. The highest BCUT2D eigenvalue weighted by Gasteiger charge is 2.26. The van der Waals surface area contributed by atoms with Crippen LogP contribution in [0.2, 0.25) is 0 Å². The molecule has 0 spiro atoms. The summed E-state index contributed by atoms with van der Waals surface area (Å²) in [5.41, 5.74) is 2.72. The minimum atomic E-state index is -0.360. The summed E-state index contributed by atoms with van der Waals surface area (Å²) in [6.07, 6.45) is 1.47. The maximum Gasteiger partial charge on any atom is 0.139 e. The number of nitrogens with zero attached hydrogens (tertiary/aromatic N) is 2. The van der Waals surface area contributed by atoms with Gasteiger partial charge < -0.3 is 9.72 Å². The Bertz CT molecular complexity index is 877. The number of aromatic amines is 1. The molecule has 2 aromatic carbocycles. The van der Waals surface area contributed by atoms with E-state index in [0.717, 1.165) is 29.4 Å². The van der Waals surface area contributed by atoms with E-state index in [1.54, 1.807) is 12.1 Å². The molecule has 1 unspecified atom stereocenters. The van der Waals surface area contributed by atoms with Crippen molar-refractivity contribution in [3.8, 4) is 5.75 Å². The molecule has 4 rings (SSSR count). The number of para-hydroxylation sites is 1. The normalized spacial score (nSPS) is 17.6. The Morgan fingerprint density at radius 3 is 2.80 bits per heavy atom. The third kappa shape index (κ3) is 3.42. The standard InChI is InChI=1S/C20H20FN3O/c1-14-10-22-20(23-14)13-24-11-15-6-2-5-9-18(15)25-19(12-24)16-7-3-4-8-17(16)21/h2-10,19H,11-13H2,1H3,(H,22,23). The van der Waals surface area contributed by atoms with Crippen molar-refractivity contribution in [3.63, 3.8) is 0 Å². The number of halogens is 1. The van der Waals surface area contributed by atoms with Crippen LogP contribution in [0.3, 0.4) is 0 Å². The number of imidazole rings is 1. The first-order valence-electron chi connectivity index (χ1n) is 8.41. The van der Waals surface area contributed by atoms with Gasteiger partial charge in [0, 0.05) is 36.1 Å². The SMILES string of the molecule is Cc1cnc(CN2Cc3ccccc3OC(c3ccccc3F)C2)[nH]1. The average molecular weight is 337 g/mol. The van der Waals surface area contributed by atoms with Crippen LogP contribution in [0.5, 0.6) is 5.75 Å². The van der Waals surface area contributed by atoms with Crippen molar-refractivity contribution in [2.45, 2.75) is 26.1 Å². The molecule has 128 valence electrons. The molecule has 0 saturated heterocycles. The summed E-state index contributed by atoms with van der Waals surface area (Å²) in [6.45, 7) is 3.98. The zero-order chi connectivity index (χ0) is 17.2. The van der Waals surface area contributed by atoms with E-state index in [1.165, 1.54) is 6.07 Å². The first kappa shape index (κ1) is 15.8. The Balaban J connectivity index is 1.67. The number of aryl methyl sites for hydroxylation is 1. The van der Waals surface area contributed by atoms with Crippen molar-refractivity contribution in [1.29, 1.82) is 0 Å². The minimum Gasteiger partial charge on any atom is -0.484 e. The van der Waals surface area contributed by atoms with Gasteiger partial charge in [0.1, 0.15) is 23.5 Å². The molecular weight excluding hydrogens is 317 g/mol. The number of hydrogen-bond acceptors (Lipinski definition) is 3. The van der Waals surface area contributed by atoms with E-state index in [9.17, 15) is 4.39 Å². The highest BCUT2D eigenvalue weighted by molar-refractivity contribution is 5.35. The molecule has 3 aromatic rings. The summed E-state index contributed by atoms with van der Waals surface area (Å²) in [5, 5.41) is 0. The quantitative estimate of drug-likeness (QED) is 0.785. The van der Waals surface area contributed by atoms with Crippen molar-refractivity contribution in [2.24, 2.45) is 0 Å². The van der Waals surface area contributed by atoms with Crippen LogP contribution in [0.4, 0.5) is 4.39 Å². The average Bonchev–Trinajstić information content (AvgIpc) is 2.91. The van der Waals surface area contributed by atoms with Gasteiger partial charge in [0.05, 0.1) is 6.54 Å². The van der Waals surface area contributed by atoms with E-state index in [-0.39, 0.29) is 11.9 Å². The van der Waals surface area contributed by atoms with Crippen molar-refractivity contribution < 1.29 is 9.13 Å². The molecular formula is C20H20FN3O. The van der Waals surface area contributed by atoms with Crippen LogP contribution in [0.15, 0.2) is 54.7 Å². The number of rotatable bonds is 3. The molecule has 0 bridgehead atoms. The predicted molar refractivity (Wildman–Crippen MR) is 93.6 cm³/mol. The number of benzene rings is 2. The second-order valence-corrected chi connectivity index (χ2v) is 6.42. The van der Waals surface area contributed by atoms with Gasteiger partial charge in [-0.2, -0.15) is 0 Å². The fraction of sp³-hybridized carbons (Fsp3) is 0.250. The Hall–Kier alpha value is -2.66. The smallest absolute Gasteiger partial charge is 0.139 e. The fourth-order valence-electron chi connectivity index (χ4n) is 3.26. The van der Waals surface area contributed by atoms with Gasteiger partial charge in [-0.1, -0.05) is 36.4 Å². The van der Waals surface area contributed by atoms with E-state index in [0.29, 0.717) is 18.7 Å². The Morgan fingerprint density at radius 1 is 1.20 bits per heavy atom. The van der Waals surface area contributed by atoms with Crippen LogP contribution in [-0.4, -0.2) is 21.4 Å². The predicted octanol–water partition coefficient (Wildman–Crippen LogP) is 3.99. The van der Waals surface area contributed by atoms with Crippen molar-refractivity contribution >= 4 is 0 Å². The maximum absolute atomic E-state index is 14.3. The zero-order valence-electron chi connectivity index (χ0n) is 14.1. The summed E-state index contributed by atoms with van der Waals surface area (Å²) in [4.78, 5) is 9.90. The molecule has 0 aliphatic carbocycles. The van der Waals surface area contributed by atoms with Crippen molar-refractivity contribution in [3.05, 3.63) is 83.2 Å². The largest absolute Gasteiger partial charge is 0.484 e. The molecule has 0 fully saturated rings. The lowest BCUT2D eigenvalue weighted by atomic mass is 10.1. The first-order valence-corrected chi connectivity index (χ1v) is 8.41. The van der Waals surface area contributed by atoms with Crippen LogP contribution in [0.1, 0.15) is 28.7 Å². The first-order chi connectivity index (χ1) is 12.2. The summed E-state index contributed by atoms with van der Waals surface area (Å²) < 4.78 is 20.5. The highest BCUT2D eigenvalue weighted by atomic mass is 19.1. The molecule has 5 heteroatoms. The van der Waals surface area contributed by atoms with Crippen LogP contribution in [0, 0.1) is 12.7 Å². The Morgan fingerprint density at radius 2 is 2.00 bits per heavy atom. The third-order valence-corrected chi connectivity index (χ3v) is 4.44. The molecule has 1 aliphatic rings. The lowest BCUT2D eigenvalue weighted by Crippen LogP contribution is -2.28. The highest BCUT2D eigenvalue weighted by Crippen LogP contribution is 2.32. The number of ether oxygens (including phenoxy) is 1. The fourth-order valence-corrected chi connectivity index (χ4v) is 3.26. The number of fused-ring (bicyclic) bond motifs is 1. The van der Waals surface area contributed by atoms with Gasteiger partial charge in [-0.25, -0.2) is 9.37 Å². The van der Waals surface area contributed by atoms with Crippen LogP contribution in [0.25, 0.3) is 0 Å². The molecule has 1 atom stereocenters. The van der Waals surface area contributed by atoms with Crippen LogP contribution >= 0.6 is 0 Å². The molecule has 0 saturated carbocycles. The molecule has 0 amide bonds. The van der Waals surface area contributed by atoms with Gasteiger partial charge in [-0.3, -0.25) is 4.90 Å². The van der Waals surface area contributed by atoms with Crippen molar-refractivity contribution in [1.82, 2.24) is 14.9 Å². The summed E-state index contributed by atoms with van der Waals surface area (Å²) >= 11 is 0. The zero-order valence-corrected chi connectivity index (χ0v) is 14.1. The van der Waals surface area contributed by atoms with Gasteiger partial charge in [0.2, 0.25) is 0 Å². The van der Waals surface area contributed by atoms with Crippen molar-refractivity contribution in [2.75, 3.05) is 6.54 Å². The van der Waals surface area contributed by atoms with Gasteiger partial charge in [-0.05, 0) is 19.1 Å². The van der Waals surface area contributed by atoms with Gasteiger partial charge >= 0.3 is 0 Å². The topological polar surface area (TPSA) is 41.2 Å². The molecule has 1 aromatic heterocycles. The maximum atomic E-state index is 14.3. The van der Waals surface area contributed by atoms with Gasteiger partial charge in [-0.15, -0.1) is 0 Å². The summed E-state index contributed by atoms with van der Waals surface area (Å²) in [6, 6.07) is 14.8. The van der Waals surface area contributed by atoms with Gasteiger partial charge in [0.25, 0.3) is 0 Å². The molecule has 2 heterocycles. The minimum absolute atomic E-state index is 0.235. The van der Waals surface area contributed by atoms with E-state index in [4.69, 9.17) is 4.74 Å². The Labute approximate surface area is 146 Å².